The second-order valence-corrected chi connectivity index (χ2v) is 7.83. The number of ether oxygens (including phenoxy) is 3. The summed E-state index contributed by atoms with van der Waals surface area (Å²) in [4.78, 5) is 26.1. The summed E-state index contributed by atoms with van der Waals surface area (Å²) in [6, 6.07) is -0.637. The third-order valence-electron chi connectivity index (χ3n) is 3.26. The average molecular weight is 299 g/mol. The lowest BCUT2D eigenvalue weighted by Crippen LogP contribution is -2.45. The lowest BCUT2D eigenvalue weighted by molar-refractivity contribution is -0.160. The summed E-state index contributed by atoms with van der Waals surface area (Å²) < 4.78 is 16.2. The van der Waals surface area contributed by atoms with Crippen molar-refractivity contribution in [3.63, 3.8) is 0 Å². The van der Waals surface area contributed by atoms with Gasteiger partial charge in [0.05, 0.1) is 13.2 Å². The zero-order valence-corrected chi connectivity index (χ0v) is 13.7. The van der Waals surface area contributed by atoms with E-state index in [0.717, 1.165) is 0 Å². The van der Waals surface area contributed by atoms with Crippen LogP contribution in [-0.4, -0.2) is 53.0 Å². The Kier molecular flexibility index (Phi) is 3.72. The maximum absolute atomic E-state index is 12.3. The number of epoxide rings is 1. The fourth-order valence-electron chi connectivity index (χ4n) is 2.35. The molecule has 0 saturated carbocycles. The van der Waals surface area contributed by atoms with Crippen molar-refractivity contribution in [2.24, 2.45) is 0 Å². The van der Waals surface area contributed by atoms with Crippen LogP contribution in [0, 0.1) is 0 Å². The van der Waals surface area contributed by atoms with Crippen LogP contribution >= 0.6 is 0 Å². The fourth-order valence-corrected chi connectivity index (χ4v) is 2.35. The van der Waals surface area contributed by atoms with Crippen molar-refractivity contribution in [1.29, 1.82) is 0 Å². The molecule has 0 aromatic rings. The Bertz CT molecular complexity index is 404. The minimum absolute atomic E-state index is 0.377. The Morgan fingerprint density at radius 1 is 1.10 bits per heavy atom. The van der Waals surface area contributed by atoms with E-state index in [1.807, 2.05) is 0 Å². The van der Waals surface area contributed by atoms with Crippen molar-refractivity contribution in [2.75, 3.05) is 13.2 Å². The standard InChI is InChI=1S/C15H25NO5/c1-13(2,3)20-11(17)10-7-15(9-19-15)8-16(10)12(18)21-14(4,5)6/h10H,7-9H2,1-6H3/t10-,15+/m0/s1. The van der Waals surface area contributed by atoms with Gasteiger partial charge in [-0.15, -0.1) is 0 Å². The Labute approximate surface area is 125 Å². The number of esters is 1. The number of carbonyl (C=O) groups is 2. The molecule has 2 aliphatic rings. The molecule has 6 heteroatoms. The number of hydrogen-bond donors (Lipinski definition) is 0. The van der Waals surface area contributed by atoms with E-state index < -0.39 is 29.3 Å². The fraction of sp³-hybridized carbons (Fsp3) is 0.867. The number of amides is 1. The molecule has 2 atom stereocenters. The Balaban J connectivity index is 2.10. The van der Waals surface area contributed by atoms with E-state index in [4.69, 9.17) is 14.2 Å². The van der Waals surface area contributed by atoms with E-state index in [1.165, 1.54) is 4.90 Å². The van der Waals surface area contributed by atoms with Crippen molar-refractivity contribution in [3.8, 4) is 0 Å². The van der Waals surface area contributed by atoms with Gasteiger partial charge in [0.1, 0.15) is 22.8 Å². The number of hydrogen-bond acceptors (Lipinski definition) is 5. The second-order valence-electron chi connectivity index (χ2n) is 7.83. The molecule has 2 saturated heterocycles. The van der Waals surface area contributed by atoms with Crippen LogP contribution in [-0.2, 0) is 19.0 Å². The molecule has 0 unspecified atom stereocenters. The average Bonchev–Trinajstić information content (AvgIpc) is 2.84. The molecule has 0 aromatic carbocycles. The smallest absolute Gasteiger partial charge is 0.411 e. The zero-order chi connectivity index (χ0) is 16.1. The summed E-state index contributed by atoms with van der Waals surface area (Å²) in [7, 11) is 0. The molecule has 0 N–H and O–H groups in total. The molecule has 2 fully saturated rings. The summed E-state index contributed by atoms with van der Waals surface area (Å²) in [5.41, 5.74) is -1.56. The highest BCUT2D eigenvalue weighted by Crippen LogP contribution is 2.41. The van der Waals surface area contributed by atoms with Gasteiger partial charge in [0.25, 0.3) is 0 Å². The second kappa shape index (κ2) is 4.87. The van der Waals surface area contributed by atoms with Gasteiger partial charge in [0, 0.05) is 6.42 Å². The third kappa shape index (κ3) is 4.09. The number of nitrogens with zero attached hydrogens (tertiary/aromatic N) is 1. The Morgan fingerprint density at radius 3 is 2.05 bits per heavy atom. The van der Waals surface area contributed by atoms with Crippen molar-refractivity contribution in [2.45, 2.75) is 70.8 Å². The van der Waals surface area contributed by atoms with E-state index in [9.17, 15) is 9.59 Å². The molecule has 2 rings (SSSR count). The summed E-state index contributed by atoms with van der Waals surface area (Å²) >= 11 is 0. The van der Waals surface area contributed by atoms with Crippen LogP contribution in [0.5, 0.6) is 0 Å². The highest BCUT2D eigenvalue weighted by Gasteiger charge is 2.58. The molecule has 2 heterocycles. The molecule has 0 aliphatic carbocycles. The van der Waals surface area contributed by atoms with Crippen LogP contribution in [0.3, 0.4) is 0 Å². The molecule has 0 radical (unpaired) electrons. The number of likely N-dealkylation sites (tertiary alicyclic amines) is 1. The highest BCUT2D eigenvalue weighted by atomic mass is 16.6. The van der Waals surface area contributed by atoms with Crippen LogP contribution in [0.4, 0.5) is 4.79 Å². The minimum Gasteiger partial charge on any atom is -0.458 e. The summed E-state index contributed by atoms with van der Waals surface area (Å²) in [5.74, 6) is -0.402. The maximum atomic E-state index is 12.3. The number of carbonyl (C=O) groups excluding carboxylic acids is 2. The van der Waals surface area contributed by atoms with Crippen LogP contribution in [0.1, 0.15) is 48.0 Å². The number of rotatable bonds is 1. The van der Waals surface area contributed by atoms with Crippen LogP contribution in [0.15, 0.2) is 0 Å². The summed E-state index contributed by atoms with van der Waals surface area (Å²) in [5, 5.41) is 0. The predicted octanol–water partition coefficient (Wildman–Crippen LogP) is 2.11. The van der Waals surface area contributed by atoms with Gasteiger partial charge >= 0.3 is 12.1 Å². The molecule has 1 spiro atoms. The van der Waals surface area contributed by atoms with Gasteiger partial charge in [-0.05, 0) is 41.5 Å². The SMILES string of the molecule is CC(C)(C)OC(=O)[C@@H]1C[C@]2(CO2)CN1C(=O)OC(C)(C)C. The van der Waals surface area contributed by atoms with Gasteiger partial charge in [-0.1, -0.05) is 0 Å². The van der Waals surface area contributed by atoms with E-state index in [2.05, 4.69) is 0 Å². The van der Waals surface area contributed by atoms with Gasteiger partial charge in [-0.25, -0.2) is 9.59 Å². The summed E-state index contributed by atoms with van der Waals surface area (Å²) in [6.07, 6.45) is -0.0213. The quantitative estimate of drug-likeness (QED) is 0.548. The highest BCUT2D eigenvalue weighted by molar-refractivity contribution is 5.83. The Morgan fingerprint density at radius 2 is 1.62 bits per heavy atom. The van der Waals surface area contributed by atoms with Crippen molar-refractivity contribution in [1.82, 2.24) is 4.90 Å². The molecule has 2 aliphatic heterocycles. The van der Waals surface area contributed by atoms with Crippen LogP contribution < -0.4 is 0 Å². The van der Waals surface area contributed by atoms with E-state index in [0.29, 0.717) is 19.6 Å². The first-order valence-electron chi connectivity index (χ1n) is 7.27. The van der Waals surface area contributed by atoms with Crippen molar-refractivity contribution in [3.05, 3.63) is 0 Å². The first-order valence-corrected chi connectivity index (χ1v) is 7.27. The molecule has 0 aromatic heterocycles. The third-order valence-corrected chi connectivity index (χ3v) is 3.26. The summed E-state index contributed by atoms with van der Waals surface area (Å²) in [6.45, 7) is 11.8. The largest absolute Gasteiger partial charge is 0.458 e. The van der Waals surface area contributed by atoms with Gasteiger partial charge in [-0.2, -0.15) is 0 Å². The molecule has 21 heavy (non-hydrogen) atoms. The van der Waals surface area contributed by atoms with Crippen molar-refractivity contribution >= 4 is 12.1 Å². The van der Waals surface area contributed by atoms with E-state index >= 15 is 0 Å². The molecular formula is C15H25NO5. The van der Waals surface area contributed by atoms with Gasteiger partial charge in [0.2, 0.25) is 0 Å². The topological polar surface area (TPSA) is 68.4 Å². The maximum Gasteiger partial charge on any atom is 0.411 e. The molecular weight excluding hydrogens is 274 g/mol. The minimum atomic E-state index is -0.637. The molecule has 1 amide bonds. The molecule has 0 bridgehead atoms. The van der Waals surface area contributed by atoms with Gasteiger partial charge in [0.15, 0.2) is 0 Å². The monoisotopic (exact) mass is 299 g/mol. The van der Waals surface area contributed by atoms with E-state index in [-0.39, 0.29) is 5.60 Å². The lowest BCUT2D eigenvalue weighted by Gasteiger charge is -2.29. The normalized spacial score (nSPS) is 28.7. The van der Waals surface area contributed by atoms with Crippen LogP contribution in [0.2, 0.25) is 0 Å². The first-order chi connectivity index (χ1) is 9.41. The van der Waals surface area contributed by atoms with E-state index in [1.54, 1.807) is 41.5 Å². The Hall–Kier alpha value is -1.30. The van der Waals surface area contributed by atoms with Crippen molar-refractivity contribution < 1.29 is 23.8 Å². The van der Waals surface area contributed by atoms with Crippen LogP contribution in [0.25, 0.3) is 0 Å². The van der Waals surface area contributed by atoms with Gasteiger partial charge in [-0.3, -0.25) is 4.90 Å². The molecule has 120 valence electrons. The predicted molar refractivity (Wildman–Crippen MR) is 75.9 cm³/mol. The van der Waals surface area contributed by atoms with Gasteiger partial charge < -0.3 is 14.2 Å². The molecule has 6 nitrogen and oxygen atoms in total. The zero-order valence-electron chi connectivity index (χ0n) is 13.7. The first kappa shape index (κ1) is 16.1. The lowest BCUT2D eigenvalue weighted by atomic mass is 10.1.